The van der Waals surface area contributed by atoms with Crippen molar-refractivity contribution in [3.63, 3.8) is 0 Å². The molecule has 0 bridgehead atoms. The van der Waals surface area contributed by atoms with Gasteiger partial charge in [0.1, 0.15) is 10.8 Å². The van der Waals surface area contributed by atoms with E-state index in [0.29, 0.717) is 6.54 Å². The molecule has 0 aliphatic carbocycles. The maximum absolute atomic E-state index is 12.6. The highest BCUT2D eigenvalue weighted by Crippen LogP contribution is 2.21. The first-order valence-corrected chi connectivity index (χ1v) is 8.48. The molecule has 0 saturated carbocycles. The number of hydrogen-bond donors (Lipinski definition) is 0. The average Bonchev–Trinajstić information content (AvgIpc) is 3.20. The predicted molar refractivity (Wildman–Crippen MR) is 85.3 cm³/mol. The van der Waals surface area contributed by atoms with Crippen LogP contribution in [0, 0.1) is 5.92 Å². The molecular weight excluding hydrogens is 298 g/mol. The Bertz CT molecular complexity index is 583. The Morgan fingerprint density at radius 3 is 3.23 bits per heavy atom. The molecule has 1 amide bonds. The predicted octanol–water partition coefficient (Wildman–Crippen LogP) is 2.61. The lowest BCUT2D eigenvalue weighted by molar-refractivity contribution is -0.136. The van der Waals surface area contributed by atoms with E-state index in [-0.39, 0.29) is 11.8 Å². The van der Waals surface area contributed by atoms with Gasteiger partial charge in [0.15, 0.2) is 0 Å². The third-order valence-corrected chi connectivity index (χ3v) is 4.81. The number of likely N-dealkylation sites (tertiary alicyclic amines) is 1. The topological polar surface area (TPSA) is 49.6 Å². The first kappa shape index (κ1) is 15.2. The molecule has 3 heterocycles. The van der Waals surface area contributed by atoms with Crippen LogP contribution in [0.25, 0.3) is 0 Å². The first-order valence-electron chi connectivity index (χ1n) is 7.60. The summed E-state index contributed by atoms with van der Waals surface area (Å²) in [4.78, 5) is 21.0. The largest absolute Gasteiger partial charge is 0.468 e. The van der Waals surface area contributed by atoms with Crippen LogP contribution in [0.4, 0.5) is 0 Å². The number of rotatable bonds is 5. The number of furan rings is 1. The summed E-state index contributed by atoms with van der Waals surface area (Å²) in [5.41, 5.74) is 0. The fraction of sp³-hybridized carbons (Fsp3) is 0.500. The highest BCUT2D eigenvalue weighted by atomic mass is 32.1. The summed E-state index contributed by atoms with van der Waals surface area (Å²) in [5, 5.41) is 2.93. The van der Waals surface area contributed by atoms with Gasteiger partial charge in [-0.3, -0.25) is 9.69 Å². The van der Waals surface area contributed by atoms with Crippen LogP contribution in [0.15, 0.2) is 34.4 Å². The molecule has 0 radical (unpaired) electrons. The van der Waals surface area contributed by atoms with Crippen LogP contribution in [-0.2, 0) is 17.9 Å². The maximum atomic E-state index is 12.6. The smallest absolute Gasteiger partial charge is 0.227 e. The Morgan fingerprint density at radius 1 is 1.59 bits per heavy atom. The molecule has 1 aliphatic heterocycles. The molecule has 5 nitrogen and oxygen atoms in total. The number of piperidine rings is 1. The molecule has 1 fully saturated rings. The van der Waals surface area contributed by atoms with Gasteiger partial charge < -0.3 is 9.32 Å². The Balaban J connectivity index is 1.55. The fourth-order valence-electron chi connectivity index (χ4n) is 2.95. The van der Waals surface area contributed by atoms with Gasteiger partial charge in [-0.25, -0.2) is 4.98 Å². The van der Waals surface area contributed by atoms with Crippen molar-refractivity contribution in [3.8, 4) is 0 Å². The molecule has 1 atom stereocenters. The Morgan fingerprint density at radius 2 is 2.50 bits per heavy atom. The van der Waals surface area contributed by atoms with Crippen LogP contribution in [0.5, 0.6) is 0 Å². The second-order valence-corrected chi connectivity index (χ2v) is 6.75. The number of carbonyl (C=O) groups excluding carboxylic acids is 1. The van der Waals surface area contributed by atoms with Crippen LogP contribution in [0.3, 0.4) is 0 Å². The Hall–Kier alpha value is -1.66. The van der Waals surface area contributed by atoms with Crippen molar-refractivity contribution in [2.24, 2.45) is 5.92 Å². The molecule has 2 aromatic rings. The molecule has 6 heteroatoms. The van der Waals surface area contributed by atoms with Gasteiger partial charge in [0.25, 0.3) is 0 Å². The lowest BCUT2D eigenvalue weighted by Crippen LogP contribution is -2.43. The summed E-state index contributed by atoms with van der Waals surface area (Å²) >= 11 is 1.59. The van der Waals surface area contributed by atoms with Gasteiger partial charge >= 0.3 is 0 Å². The van der Waals surface area contributed by atoms with E-state index < -0.39 is 0 Å². The van der Waals surface area contributed by atoms with Gasteiger partial charge in [-0.05, 0) is 31.5 Å². The van der Waals surface area contributed by atoms with E-state index >= 15 is 0 Å². The zero-order valence-electron chi connectivity index (χ0n) is 12.8. The van der Waals surface area contributed by atoms with Crippen LogP contribution in [0.1, 0.15) is 23.6 Å². The van der Waals surface area contributed by atoms with E-state index in [1.165, 1.54) is 0 Å². The van der Waals surface area contributed by atoms with Crippen molar-refractivity contribution >= 4 is 17.2 Å². The summed E-state index contributed by atoms with van der Waals surface area (Å²) in [6.45, 7) is 3.22. The molecule has 0 spiro atoms. The summed E-state index contributed by atoms with van der Waals surface area (Å²) in [6.07, 6.45) is 5.51. The zero-order valence-corrected chi connectivity index (χ0v) is 13.6. The Kier molecular flexibility index (Phi) is 4.90. The van der Waals surface area contributed by atoms with Gasteiger partial charge in [-0.15, -0.1) is 11.3 Å². The highest BCUT2D eigenvalue weighted by Gasteiger charge is 2.28. The monoisotopic (exact) mass is 319 g/mol. The number of hydrogen-bond acceptors (Lipinski definition) is 5. The van der Waals surface area contributed by atoms with Gasteiger partial charge in [0, 0.05) is 25.2 Å². The number of thiazole rings is 1. The summed E-state index contributed by atoms with van der Waals surface area (Å²) in [5.74, 6) is 1.26. The molecule has 1 saturated heterocycles. The van der Waals surface area contributed by atoms with Crippen molar-refractivity contribution in [2.45, 2.75) is 25.9 Å². The van der Waals surface area contributed by atoms with Gasteiger partial charge in [0.2, 0.25) is 5.91 Å². The molecule has 0 N–H and O–H groups in total. The van der Waals surface area contributed by atoms with Crippen molar-refractivity contribution in [2.75, 3.05) is 20.1 Å². The lowest BCUT2D eigenvalue weighted by Gasteiger charge is -2.33. The standard InChI is InChI=1S/C16H21N3O2S/c1-18(12-15-17-6-9-22-15)16(20)13-4-2-7-19(10-13)11-14-5-3-8-21-14/h3,5-6,8-9,13H,2,4,7,10-12H2,1H3/t13-/m1/s1. The number of nitrogens with zero attached hydrogens (tertiary/aromatic N) is 3. The van der Waals surface area contributed by atoms with Crippen molar-refractivity contribution in [3.05, 3.63) is 40.7 Å². The van der Waals surface area contributed by atoms with E-state index in [1.807, 2.05) is 24.6 Å². The van der Waals surface area contributed by atoms with Crippen LogP contribution in [-0.4, -0.2) is 40.8 Å². The van der Waals surface area contributed by atoms with Gasteiger partial charge in [-0.2, -0.15) is 0 Å². The number of aromatic nitrogens is 1. The summed E-state index contributed by atoms with van der Waals surface area (Å²) in [7, 11) is 1.87. The fourth-order valence-corrected chi connectivity index (χ4v) is 3.62. The van der Waals surface area contributed by atoms with Gasteiger partial charge in [0.05, 0.1) is 25.3 Å². The van der Waals surface area contributed by atoms with Gasteiger partial charge in [-0.1, -0.05) is 0 Å². The molecule has 3 rings (SSSR count). The summed E-state index contributed by atoms with van der Waals surface area (Å²) in [6, 6.07) is 3.89. The van der Waals surface area contributed by atoms with Crippen LogP contribution < -0.4 is 0 Å². The second-order valence-electron chi connectivity index (χ2n) is 5.77. The number of carbonyl (C=O) groups is 1. The normalized spacial score (nSPS) is 19.2. The average molecular weight is 319 g/mol. The van der Waals surface area contributed by atoms with Crippen molar-refractivity contribution in [1.29, 1.82) is 0 Å². The first-order chi connectivity index (χ1) is 10.7. The third kappa shape index (κ3) is 3.75. The molecule has 22 heavy (non-hydrogen) atoms. The van der Waals surface area contributed by atoms with Crippen LogP contribution >= 0.6 is 11.3 Å². The SMILES string of the molecule is CN(Cc1nccs1)C(=O)[C@@H]1CCCN(Cc2ccco2)C1. The minimum Gasteiger partial charge on any atom is -0.468 e. The molecule has 118 valence electrons. The molecule has 2 aromatic heterocycles. The third-order valence-electron chi connectivity index (χ3n) is 4.05. The van der Waals surface area contributed by atoms with Crippen LogP contribution in [0.2, 0.25) is 0 Å². The number of amides is 1. The van der Waals surface area contributed by atoms with E-state index in [1.54, 1.807) is 28.7 Å². The minimum absolute atomic E-state index is 0.0775. The highest BCUT2D eigenvalue weighted by molar-refractivity contribution is 7.09. The van der Waals surface area contributed by atoms with E-state index in [9.17, 15) is 4.79 Å². The molecule has 0 aromatic carbocycles. The molecule has 1 aliphatic rings. The van der Waals surface area contributed by atoms with E-state index in [0.717, 1.165) is 43.2 Å². The Labute approximate surface area is 134 Å². The molecular formula is C16H21N3O2S. The van der Waals surface area contributed by atoms with Crippen molar-refractivity contribution in [1.82, 2.24) is 14.8 Å². The molecule has 0 unspecified atom stereocenters. The van der Waals surface area contributed by atoms with E-state index in [4.69, 9.17) is 4.42 Å². The summed E-state index contributed by atoms with van der Waals surface area (Å²) < 4.78 is 5.41. The van der Waals surface area contributed by atoms with Crippen molar-refractivity contribution < 1.29 is 9.21 Å². The second kappa shape index (κ2) is 7.07. The van der Waals surface area contributed by atoms with E-state index in [2.05, 4.69) is 9.88 Å². The lowest BCUT2D eigenvalue weighted by atomic mass is 9.96. The zero-order chi connectivity index (χ0) is 15.4. The maximum Gasteiger partial charge on any atom is 0.227 e. The minimum atomic E-state index is 0.0775. The quantitative estimate of drug-likeness (QED) is 0.850.